The van der Waals surface area contributed by atoms with E-state index in [1.165, 1.54) is 0 Å². The summed E-state index contributed by atoms with van der Waals surface area (Å²) in [5.74, 6) is -0.143. The van der Waals surface area contributed by atoms with Crippen molar-refractivity contribution in [1.29, 1.82) is 0 Å². The summed E-state index contributed by atoms with van der Waals surface area (Å²) >= 11 is 0. The molecule has 9 heteroatoms. The molecule has 0 bridgehead atoms. The van der Waals surface area contributed by atoms with Crippen molar-refractivity contribution in [2.24, 2.45) is 7.05 Å². The van der Waals surface area contributed by atoms with Gasteiger partial charge in [0.05, 0.1) is 17.6 Å². The first-order valence-corrected chi connectivity index (χ1v) is 14.6. The summed E-state index contributed by atoms with van der Waals surface area (Å²) in [6, 6.07) is 29.2. The van der Waals surface area contributed by atoms with E-state index in [-0.39, 0.29) is 24.9 Å². The number of hydrogen-bond donors (Lipinski definition) is 1. The number of imidazole rings is 1. The van der Waals surface area contributed by atoms with Crippen molar-refractivity contribution in [2.75, 3.05) is 13.1 Å². The number of aryl methyl sites for hydroxylation is 1. The molecule has 1 atom stereocenters. The van der Waals surface area contributed by atoms with E-state index in [2.05, 4.69) is 6.08 Å². The molecule has 224 valence electrons. The summed E-state index contributed by atoms with van der Waals surface area (Å²) in [7, 11) is 1.76. The van der Waals surface area contributed by atoms with Crippen molar-refractivity contribution >= 4 is 22.6 Å². The number of aromatic nitrogens is 3. The SMILES string of the molecule is CC1C=C(c2ccc3c(c2)n(C)c(=O)n3-c2ccc(OCc3ccccc3)nc2OCc2ccccc2)CCN1CC(=O)O. The van der Waals surface area contributed by atoms with Crippen LogP contribution in [-0.4, -0.2) is 49.2 Å². The fourth-order valence-corrected chi connectivity index (χ4v) is 5.59. The van der Waals surface area contributed by atoms with Gasteiger partial charge in [0.25, 0.3) is 0 Å². The third kappa shape index (κ3) is 6.14. The van der Waals surface area contributed by atoms with Crippen LogP contribution in [0.4, 0.5) is 0 Å². The normalized spacial score (nSPS) is 15.2. The minimum atomic E-state index is -0.830. The first-order chi connectivity index (χ1) is 21.4. The van der Waals surface area contributed by atoms with Crippen molar-refractivity contribution < 1.29 is 19.4 Å². The third-order valence-electron chi connectivity index (χ3n) is 7.96. The lowest BCUT2D eigenvalue weighted by Crippen LogP contribution is -2.39. The second-order valence-electron chi connectivity index (χ2n) is 10.9. The number of fused-ring (bicyclic) bond motifs is 1. The summed E-state index contributed by atoms with van der Waals surface area (Å²) in [5.41, 5.74) is 5.93. The smallest absolute Gasteiger partial charge is 0.333 e. The van der Waals surface area contributed by atoms with Crippen LogP contribution in [0.15, 0.2) is 102 Å². The number of carboxylic acids is 1. The van der Waals surface area contributed by atoms with E-state index >= 15 is 0 Å². The fraction of sp³-hybridized carbons (Fsp3) is 0.229. The molecule has 5 aromatic rings. The van der Waals surface area contributed by atoms with Crippen LogP contribution in [0.25, 0.3) is 22.3 Å². The average molecular weight is 591 g/mol. The van der Waals surface area contributed by atoms with E-state index in [0.717, 1.165) is 39.7 Å². The van der Waals surface area contributed by atoms with Crippen LogP contribution in [0.2, 0.25) is 0 Å². The van der Waals surface area contributed by atoms with Gasteiger partial charge in [-0.3, -0.25) is 18.8 Å². The molecule has 1 N–H and O–H groups in total. The molecule has 0 amide bonds. The summed E-state index contributed by atoms with van der Waals surface area (Å²) in [6.45, 7) is 3.30. The Morgan fingerprint density at radius 2 is 1.59 bits per heavy atom. The van der Waals surface area contributed by atoms with Gasteiger partial charge in [0, 0.05) is 25.7 Å². The fourth-order valence-electron chi connectivity index (χ4n) is 5.59. The molecule has 44 heavy (non-hydrogen) atoms. The lowest BCUT2D eigenvalue weighted by atomic mass is 9.96. The predicted octanol–water partition coefficient (Wildman–Crippen LogP) is 5.44. The molecule has 9 nitrogen and oxygen atoms in total. The molecule has 0 saturated heterocycles. The number of ether oxygens (including phenoxy) is 2. The predicted molar refractivity (Wildman–Crippen MR) is 169 cm³/mol. The van der Waals surface area contributed by atoms with Crippen LogP contribution in [0.3, 0.4) is 0 Å². The molecular formula is C35H34N4O5. The van der Waals surface area contributed by atoms with E-state index in [9.17, 15) is 14.7 Å². The molecule has 0 fully saturated rings. The molecule has 3 aromatic carbocycles. The summed E-state index contributed by atoms with van der Waals surface area (Å²) < 4.78 is 15.5. The molecule has 3 heterocycles. The lowest BCUT2D eigenvalue weighted by molar-refractivity contribution is -0.138. The molecule has 0 aliphatic carbocycles. The van der Waals surface area contributed by atoms with Crippen LogP contribution in [0, 0.1) is 0 Å². The second kappa shape index (κ2) is 12.6. The van der Waals surface area contributed by atoms with Crippen LogP contribution in [0.5, 0.6) is 11.8 Å². The summed E-state index contributed by atoms with van der Waals surface area (Å²) in [5, 5.41) is 9.22. The Labute approximate surface area is 255 Å². The monoisotopic (exact) mass is 590 g/mol. The van der Waals surface area contributed by atoms with Gasteiger partial charge >= 0.3 is 11.7 Å². The number of nitrogens with zero attached hydrogens (tertiary/aromatic N) is 4. The molecule has 0 saturated carbocycles. The summed E-state index contributed by atoms with van der Waals surface area (Å²) in [6.07, 6.45) is 2.83. The van der Waals surface area contributed by atoms with Gasteiger partial charge in [-0.05, 0) is 53.8 Å². The van der Waals surface area contributed by atoms with Gasteiger partial charge in [-0.2, -0.15) is 4.98 Å². The van der Waals surface area contributed by atoms with Gasteiger partial charge in [-0.15, -0.1) is 0 Å². The molecular weight excluding hydrogens is 556 g/mol. The van der Waals surface area contributed by atoms with Crippen LogP contribution >= 0.6 is 0 Å². The van der Waals surface area contributed by atoms with E-state index in [4.69, 9.17) is 14.5 Å². The zero-order valence-corrected chi connectivity index (χ0v) is 24.7. The maximum atomic E-state index is 13.7. The Kier molecular flexibility index (Phi) is 8.29. The van der Waals surface area contributed by atoms with Gasteiger partial charge in [-0.1, -0.05) is 72.8 Å². The topological polar surface area (TPSA) is 98.8 Å². The Bertz CT molecular complexity index is 1880. The number of aliphatic carboxylic acids is 1. The largest absolute Gasteiger partial charge is 0.480 e. The van der Waals surface area contributed by atoms with Crippen molar-refractivity contribution in [2.45, 2.75) is 32.6 Å². The first kappa shape index (κ1) is 28.9. The van der Waals surface area contributed by atoms with E-state index < -0.39 is 5.97 Å². The highest BCUT2D eigenvalue weighted by molar-refractivity contribution is 5.84. The van der Waals surface area contributed by atoms with Crippen molar-refractivity contribution in [3.05, 3.63) is 124 Å². The standard InChI is InChI=1S/C35H34N4O5/c1-24-19-28(17-18-38(24)21-33(40)41)27-13-14-29-31(20-27)37(2)35(42)39(29)30-15-16-32(43-22-25-9-5-3-6-10-25)36-34(30)44-23-26-11-7-4-8-12-26/h3-16,19-20,24H,17-18,21-23H2,1-2H3,(H,40,41). The van der Waals surface area contributed by atoms with Crippen LogP contribution < -0.4 is 15.2 Å². The zero-order valence-electron chi connectivity index (χ0n) is 24.7. The molecule has 1 aliphatic rings. The number of carboxylic acid groups (broad SMARTS) is 1. The Morgan fingerprint density at radius 3 is 2.25 bits per heavy atom. The lowest BCUT2D eigenvalue weighted by Gasteiger charge is -2.31. The Morgan fingerprint density at radius 1 is 0.909 bits per heavy atom. The minimum absolute atomic E-state index is 0.00279. The highest BCUT2D eigenvalue weighted by atomic mass is 16.5. The molecule has 1 aliphatic heterocycles. The number of carbonyl (C=O) groups is 1. The molecule has 0 spiro atoms. The second-order valence-corrected chi connectivity index (χ2v) is 10.9. The first-order valence-electron chi connectivity index (χ1n) is 14.6. The Hall–Kier alpha value is -5.15. The van der Waals surface area contributed by atoms with Crippen molar-refractivity contribution in [3.8, 4) is 17.4 Å². The quantitative estimate of drug-likeness (QED) is 0.231. The van der Waals surface area contributed by atoms with E-state index in [1.807, 2.05) is 96.8 Å². The van der Waals surface area contributed by atoms with Gasteiger partial charge in [0.1, 0.15) is 18.9 Å². The number of benzene rings is 3. The van der Waals surface area contributed by atoms with Crippen molar-refractivity contribution in [1.82, 2.24) is 19.0 Å². The third-order valence-corrected chi connectivity index (χ3v) is 7.96. The molecule has 0 radical (unpaired) electrons. The van der Waals surface area contributed by atoms with E-state index in [1.54, 1.807) is 22.2 Å². The summed E-state index contributed by atoms with van der Waals surface area (Å²) in [4.78, 5) is 31.6. The van der Waals surface area contributed by atoms with Crippen LogP contribution in [0.1, 0.15) is 30.0 Å². The maximum absolute atomic E-state index is 13.7. The highest BCUT2D eigenvalue weighted by Gasteiger charge is 2.23. The van der Waals surface area contributed by atoms with Crippen LogP contribution in [-0.2, 0) is 25.1 Å². The number of pyridine rings is 1. The number of hydrogen-bond acceptors (Lipinski definition) is 6. The van der Waals surface area contributed by atoms with Gasteiger partial charge in [-0.25, -0.2) is 4.79 Å². The zero-order chi connectivity index (χ0) is 30.6. The van der Waals surface area contributed by atoms with E-state index in [0.29, 0.717) is 30.6 Å². The minimum Gasteiger partial charge on any atom is -0.480 e. The number of rotatable bonds is 10. The maximum Gasteiger partial charge on any atom is 0.333 e. The Balaban J connectivity index is 1.35. The average Bonchev–Trinajstić information content (AvgIpc) is 3.29. The molecule has 1 unspecified atom stereocenters. The van der Waals surface area contributed by atoms with Gasteiger partial charge in [0.2, 0.25) is 11.8 Å². The molecule has 6 rings (SSSR count). The van der Waals surface area contributed by atoms with Gasteiger partial charge < -0.3 is 14.6 Å². The van der Waals surface area contributed by atoms with Crippen molar-refractivity contribution in [3.63, 3.8) is 0 Å². The van der Waals surface area contributed by atoms with Gasteiger partial charge in [0.15, 0.2) is 0 Å². The molecule has 2 aromatic heterocycles. The highest BCUT2D eigenvalue weighted by Crippen LogP contribution is 2.31.